The summed E-state index contributed by atoms with van der Waals surface area (Å²) in [6, 6.07) is 4.69. The molecule has 3 rings (SSSR count). The largest absolute Gasteiger partial charge is 0.466 e. The number of anilines is 2. The fourth-order valence-electron chi connectivity index (χ4n) is 3.49. The first-order chi connectivity index (χ1) is 14.4. The molecule has 0 N–H and O–H groups in total. The predicted octanol–water partition coefficient (Wildman–Crippen LogP) is 0.741. The monoisotopic (exact) mass is 420 g/mol. The van der Waals surface area contributed by atoms with Crippen LogP contribution in [-0.4, -0.2) is 82.5 Å². The summed E-state index contributed by atoms with van der Waals surface area (Å²) in [6.07, 6.45) is 0. The van der Waals surface area contributed by atoms with E-state index in [0.29, 0.717) is 24.5 Å². The molecular formula is C19H24N4O7. The molecule has 0 radical (unpaired) electrons. The van der Waals surface area contributed by atoms with Crippen LogP contribution in [0.1, 0.15) is 0 Å². The second-order valence-corrected chi connectivity index (χ2v) is 6.94. The van der Waals surface area contributed by atoms with Crippen molar-refractivity contribution in [3.05, 3.63) is 39.6 Å². The highest BCUT2D eigenvalue weighted by molar-refractivity contribution is 6.03. The summed E-state index contributed by atoms with van der Waals surface area (Å²) in [7, 11) is 4.39. The van der Waals surface area contributed by atoms with Crippen LogP contribution in [0, 0.1) is 10.1 Å². The van der Waals surface area contributed by atoms with Gasteiger partial charge in [-0.3, -0.25) is 10.1 Å². The van der Waals surface area contributed by atoms with E-state index in [9.17, 15) is 19.7 Å². The van der Waals surface area contributed by atoms with Gasteiger partial charge in [-0.25, -0.2) is 9.59 Å². The Morgan fingerprint density at radius 2 is 1.77 bits per heavy atom. The number of benzene rings is 1. The topological polar surface area (TPSA) is 115 Å². The number of nitro groups is 1. The zero-order chi connectivity index (χ0) is 21.8. The van der Waals surface area contributed by atoms with Gasteiger partial charge in [0, 0.05) is 32.2 Å². The highest BCUT2D eigenvalue weighted by Gasteiger charge is 2.33. The summed E-state index contributed by atoms with van der Waals surface area (Å²) < 4.78 is 15.0. The van der Waals surface area contributed by atoms with Crippen LogP contribution in [0.3, 0.4) is 0 Å². The van der Waals surface area contributed by atoms with E-state index in [0.717, 1.165) is 13.1 Å². The van der Waals surface area contributed by atoms with Gasteiger partial charge in [-0.05, 0) is 19.2 Å². The maximum Gasteiger partial charge on any atom is 0.355 e. The van der Waals surface area contributed by atoms with Crippen LogP contribution in [-0.2, 0) is 23.8 Å². The van der Waals surface area contributed by atoms with E-state index < -0.39 is 16.9 Å². The quantitative estimate of drug-likeness (QED) is 0.384. The Balaban J connectivity index is 2.03. The Hall–Kier alpha value is -3.18. The summed E-state index contributed by atoms with van der Waals surface area (Å²) in [4.78, 5) is 41.4. The standard InChI is InChI=1S/C19H24N4O7/c1-20-6-8-21(9-7-20)15-5-4-13(10-16(15)23(26)27)22-12-30-11-14(18(24)28-2)17(22)19(25)29-3/h4-5,10H,6-9,11-12H2,1-3H3. The van der Waals surface area contributed by atoms with Crippen molar-refractivity contribution in [1.82, 2.24) is 4.90 Å². The number of nitro benzene ring substituents is 1. The van der Waals surface area contributed by atoms with Crippen molar-refractivity contribution >= 4 is 29.0 Å². The Morgan fingerprint density at radius 1 is 1.10 bits per heavy atom. The van der Waals surface area contributed by atoms with E-state index in [1.807, 2.05) is 11.9 Å². The second-order valence-electron chi connectivity index (χ2n) is 6.94. The van der Waals surface area contributed by atoms with Gasteiger partial charge in [-0.15, -0.1) is 0 Å². The minimum absolute atomic E-state index is 0.0126. The minimum atomic E-state index is -0.760. The van der Waals surface area contributed by atoms with Crippen LogP contribution < -0.4 is 9.80 Å². The van der Waals surface area contributed by atoms with Gasteiger partial charge >= 0.3 is 11.9 Å². The summed E-state index contributed by atoms with van der Waals surface area (Å²) in [6.45, 7) is 2.74. The third-order valence-electron chi connectivity index (χ3n) is 5.14. The lowest BCUT2D eigenvalue weighted by molar-refractivity contribution is -0.384. The molecule has 0 unspecified atom stereocenters. The highest BCUT2D eigenvalue weighted by atomic mass is 16.6. The number of hydrogen-bond acceptors (Lipinski definition) is 10. The van der Waals surface area contributed by atoms with Crippen molar-refractivity contribution in [1.29, 1.82) is 0 Å². The van der Waals surface area contributed by atoms with Crippen molar-refractivity contribution < 1.29 is 28.7 Å². The number of esters is 2. The van der Waals surface area contributed by atoms with Crippen molar-refractivity contribution in [3.8, 4) is 0 Å². The molecule has 0 spiro atoms. The maximum absolute atomic E-state index is 12.4. The van der Waals surface area contributed by atoms with Gasteiger partial charge in [0.2, 0.25) is 0 Å². The molecule has 0 bridgehead atoms. The fraction of sp³-hybridized carbons (Fsp3) is 0.474. The van der Waals surface area contributed by atoms with Crippen LogP contribution in [0.4, 0.5) is 17.1 Å². The lowest BCUT2D eigenvalue weighted by atomic mass is 10.1. The molecule has 1 saturated heterocycles. The zero-order valence-corrected chi connectivity index (χ0v) is 17.1. The van der Waals surface area contributed by atoms with Crippen molar-refractivity contribution in [2.24, 2.45) is 0 Å². The first-order valence-electron chi connectivity index (χ1n) is 9.34. The van der Waals surface area contributed by atoms with Crippen molar-refractivity contribution in [2.75, 3.05) is 70.6 Å². The molecule has 0 amide bonds. The number of carbonyl (C=O) groups excluding carboxylic acids is 2. The Morgan fingerprint density at radius 3 is 2.37 bits per heavy atom. The summed E-state index contributed by atoms with van der Waals surface area (Å²) >= 11 is 0. The maximum atomic E-state index is 12.4. The molecule has 11 heteroatoms. The smallest absolute Gasteiger partial charge is 0.355 e. The van der Waals surface area contributed by atoms with Crippen LogP contribution in [0.2, 0.25) is 0 Å². The first-order valence-corrected chi connectivity index (χ1v) is 9.34. The van der Waals surface area contributed by atoms with Gasteiger partial charge in [-0.1, -0.05) is 0 Å². The molecule has 2 aliphatic heterocycles. The fourth-order valence-corrected chi connectivity index (χ4v) is 3.49. The van der Waals surface area contributed by atoms with Crippen molar-refractivity contribution in [3.63, 3.8) is 0 Å². The Labute approximate surface area is 173 Å². The SMILES string of the molecule is COC(=O)C1=C(C(=O)OC)N(c2ccc(N3CCN(C)CC3)c([N+](=O)[O-])c2)COC1. The molecule has 0 aromatic heterocycles. The number of nitrogens with zero attached hydrogens (tertiary/aromatic N) is 4. The molecule has 1 aromatic carbocycles. The minimum Gasteiger partial charge on any atom is -0.466 e. The molecule has 2 heterocycles. The van der Waals surface area contributed by atoms with Crippen LogP contribution in [0.5, 0.6) is 0 Å². The van der Waals surface area contributed by atoms with Crippen molar-refractivity contribution in [2.45, 2.75) is 0 Å². The number of methoxy groups -OCH3 is 2. The molecule has 1 fully saturated rings. The number of carbonyl (C=O) groups is 2. The van der Waals surface area contributed by atoms with Gasteiger partial charge in [0.25, 0.3) is 5.69 Å². The molecule has 0 saturated carbocycles. The van der Waals surface area contributed by atoms with Gasteiger partial charge < -0.3 is 28.9 Å². The number of rotatable bonds is 5. The highest BCUT2D eigenvalue weighted by Crippen LogP contribution is 2.35. The molecule has 11 nitrogen and oxygen atoms in total. The van der Waals surface area contributed by atoms with E-state index in [-0.39, 0.29) is 30.3 Å². The zero-order valence-electron chi connectivity index (χ0n) is 17.1. The van der Waals surface area contributed by atoms with E-state index in [4.69, 9.17) is 14.2 Å². The van der Waals surface area contributed by atoms with Crippen LogP contribution >= 0.6 is 0 Å². The number of likely N-dealkylation sites (N-methyl/N-ethyl adjacent to an activating group) is 1. The molecule has 1 aromatic rings. The predicted molar refractivity (Wildman–Crippen MR) is 107 cm³/mol. The molecule has 0 atom stereocenters. The average molecular weight is 420 g/mol. The second kappa shape index (κ2) is 9.09. The lowest BCUT2D eigenvalue weighted by Gasteiger charge is -2.34. The third kappa shape index (κ3) is 4.21. The van der Waals surface area contributed by atoms with Crippen LogP contribution in [0.15, 0.2) is 29.5 Å². The first kappa shape index (κ1) is 21.5. The van der Waals surface area contributed by atoms with Gasteiger partial charge in [-0.2, -0.15) is 0 Å². The molecular weight excluding hydrogens is 396 g/mol. The molecule has 162 valence electrons. The Kier molecular flexibility index (Phi) is 6.53. The van der Waals surface area contributed by atoms with E-state index >= 15 is 0 Å². The molecule has 30 heavy (non-hydrogen) atoms. The Bertz CT molecular complexity index is 878. The van der Waals surface area contributed by atoms with E-state index in [2.05, 4.69) is 4.90 Å². The molecule has 0 aliphatic carbocycles. The number of ether oxygens (including phenoxy) is 3. The lowest BCUT2D eigenvalue weighted by Crippen LogP contribution is -2.44. The summed E-state index contributed by atoms with van der Waals surface area (Å²) in [5, 5.41) is 11.8. The number of piperazine rings is 1. The van der Waals surface area contributed by atoms with Crippen LogP contribution in [0.25, 0.3) is 0 Å². The molecule has 2 aliphatic rings. The van der Waals surface area contributed by atoms with E-state index in [1.54, 1.807) is 12.1 Å². The van der Waals surface area contributed by atoms with Gasteiger partial charge in [0.1, 0.15) is 18.1 Å². The summed E-state index contributed by atoms with van der Waals surface area (Å²) in [5.41, 5.74) is 0.678. The normalized spacial score (nSPS) is 17.7. The average Bonchev–Trinajstić information content (AvgIpc) is 2.77. The third-order valence-corrected chi connectivity index (χ3v) is 5.14. The van der Waals surface area contributed by atoms with E-state index in [1.165, 1.54) is 25.2 Å². The summed E-state index contributed by atoms with van der Waals surface area (Å²) in [5.74, 6) is -1.49. The number of hydrogen-bond donors (Lipinski definition) is 0. The van der Waals surface area contributed by atoms with Gasteiger partial charge in [0.15, 0.2) is 0 Å². The van der Waals surface area contributed by atoms with Gasteiger partial charge in [0.05, 0.1) is 37.0 Å².